The van der Waals surface area contributed by atoms with Crippen LogP contribution in [0.4, 0.5) is 0 Å². The molecule has 0 fully saturated rings. The molecule has 130 valence electrons. The van der Waals surface area contributed by atoms with E-state index in [4.69, 9.17) is 16.0 Å². The molecule has 3 rings (SSSR count). The number of benzene rings is 1. The molecule has 2 aromatic heterocycles. The maximum absolute atomic E-state index is 12.8. The van der Waals surface area contributed by atoms with Gasteiger partial charge in [-0.05, 0) is 37.1 Å². The zero-order valence-corrected chi connectivity index (χ0v) is 15.2. The molecule has 0 aliphatic carbocycles. The molecular formula is C19H20ClN3O2. The lowest BCUT2D eigenvalue weighted by molar-refractivity contribution is 0.0946. The fourth-order valence-electron chi connectivity index (χ4n) is 2.84. The number of amides is 1. The van der Waals surface area contributed by atoms with Crippen molar-refractivity contribution < 1.29 is 9.21 Å². The Morgan fingerprint density at radius 2 is 2.04 bits per heavy atom. The molecule has 0 atom stereocenters. The standard InChI is InChI=1S/C19H20ClN3O2/c1-12(2)18-17(19(24)21-11-14-7-6-10-25-14)13(3)22-23(18)16-9-5-4-8-15(16)20/h4-10,12H,11H2,1-3H3,(H,21,24). The van der Waals surface area contributed by atoms with Crippen LogP contribution in [0.5, 0.6) is 0 Å². The highest BCUT2D eigenvalue weighted by Gasteiger charge is 2.25. The predicted molar refractivity (Wildman–Crippen MR) is 97.3 cm³/mol. The van der Waals surface area contributed by atoms with Gasteiger partial charge in [-0.3, -0.25) is 4.79 Å². The summed E-state index contributed by atoms with van der Waals surface area (Å²) in [6, 6.07) is 11.1. The Bertz CT molecular complexity index is 882. The van der Waals surface area contributed by atoms with E-state index in [-0.39, 0.29) is 11.8 Å². The fourth-order valence-corrected chi connectivity index (χ4v) is 3.05. The first-order valence-corrected chi connectivity index (χ1v) is 8.51. The second-order valence-electron chi connectivity index (χ2n) is 6.13. The number of furan rings is 1. The Balaban J connectivity index is 1.99. The summed E-state index contributed by atoms with van der Waals surface area (Å²) in [7, 11) is 0. The normalized spacial score (nSPS) is 11.1. The Morgan fingerprint density at radius 3 is 2.68 bits per heavy atom. The second-order valence-corrected chi connectivity index (χ2v) is 6.53. The molecule has 0 aliphatic rings. The first-order valence-electron chi connectivity index (χ1n) is 8.14. The van der Waals surface area contributed by atoms with Crippen LogP contribution in [0.2, 0.25) is 5.02 Å². The molecule has 0 spiro atoms. The van der Waals surface area contributed by atoms with Gasteiger partial charge in [0.1, 0.15) is 5.76 Å². The number of carbonyl (C=O) groups excluding carboxylic acids is 1. The van der Waals surface area contributed by atoms with Gasteiger partial charge >= 0.3 is 0 Å². The average molecular weight is 358 g/mol. The first kappa shape index (κ1) is 17.3. The largest absolute Gasteiger partial charge is 0.467 e. The van der Waals surface area contributed by atoms with Crippen LogP contribution in [0, 0.1) is 6.92 Å². The highest BCUT2D eigenvalue weighted by Crippen LogP contribution is 2.29. The number of hydrogen-bond acceptors (Lipinski definition) is 3. The van der Waals surface area contributed by atoms with E-state index in [2.05, 4.69) is 10.4 Å². The van der Waals surface area contributed by atoms with Crippen LogP contribution >= 0.6 is 11.6 Å². The third kappa shape index (κ3) is 3.46. The quantitative estimate of drug-likeness (QED) is 0.732. The fraction of sp³-hybridized carbons (Fsp3) is 0.263. The van der Waals surface area contributed by atoms with Gasteiger partial charge in [-0.1, -0.05) is 37.6 Å². The molecule has 2 heterocycles. The van der Waals surface area contributed by atoms with E-state index in [1.165, 1.54) is 0 Å². The lowest BCUT2D eigenvalue weighted by atomic mass is 10.0. The Labute approximate surface area is 151 Å². The van der Waals surface area contributed by atoms with Crippen molar-refractivity contribution >= 4 is 17.5 Å². The van der Waals surface area contributed by atoms with E-state index < -0.39 is 0 Å². The summed E-state index contributed by atoms with van der Waals surface area (Å²) in [4.78, 5) is 12.8. The van der Waals surface area contributed by atoms with E-state index in [1.54, 1.807) is 17.0 Å². The second kappa shape index (κ2) is 7.15. The number of aryl methyl sites for hydroxylation is 1. The molecule has 0 saturated carbocycles. The number of nitrogens with one attached hydrogen (secondary N) is 1. The number of hydrogen-bond donors (Lipinski definition) is 1. The van der Waals surface area contributed by atoms with Gasteiger partial charge in [0.2, 0.25) is 0 Å². The molecule has 25 heavy (non-hydrogen) atoms. The summed E-state index contributed by atoms with van der Waals surface area (Å²) in [5.74, 6) is 0.633. The number of aromatic nitrogens is 2. The van der Waals surface area contributed by atoms with Gasteiger partial charge in [-0.15, -0.1) is 0 Å². The summed E-state index contributed by atoms with van der Waals surface area (Å²) < 4.78 is 7.03. The van der Waals surface area contributed by atoms with Crippen molar-refractivity contribution in [1.29, 1.82) is 0 Å². The Morgan fingerprint density at radius 1 is 1.28 bits per heavy atom. The lowest BCUT2D eigenvalue weighted by Gasteiger charge is -2.13. The Hall–Kier alpha value is -2.53. The van der Waals surface area contributed by atoms with Crippen LogP contribution in [-0.4, -0.2) is 15.7 Å². The van der Waals surface area contributed by atoms with Gasteiger partial charge in [-0.25, -0.2) is 4.68 Å². The lowest BCUT2D eigenvalue weighted by Crippen LogP contribution is -2.24. The van der Waals surface area contributed by atoms with Crippen LogP contribution in [-0.2, 0) is 6.54 Å². The van der Waals surface area contributed by atoms with E-state index >= 15 is 0 Å². The molecule has 1 aromatic carbocycles. The SMILES string of the molecule is Cc1nn(-c2ccccc2Cl)c(C(C)C)c1C(=O)NCc1ccco1. The molecule has 1 N–H and O–H groups in total. The maximum atomic E-state index is 12.8. The predicted octanol–water partition coefficient (Wildman–Crippen LogP) is 4.48. The molecule has 6 heteroatoms. The van der Waals surface area contributed by atoms with Crippen molar-refractivity contribution in [3.05, 3.63) is 70.4 Å². The number of nitrogens with zero attached hydrogens (tertiary/aromatic N) is 2. The third-order valence-electron chi connectivity index (χ3n) is 3.95. The number of rotatable bonds is 5. The summed E-state index contributed by atoms with van der Waals surface area (Å²) in [6.45, 7) is 6.24. The van der Waals surface area contributed by atoms with Crippen LogP contribution in [0.1, 0.15) is 47.3 Å². The van der Waals surface area contributed by atoms with E-state index in [1.807, 2.05) is 51.1 Å². The molecule has 0 unspecified atom stereocenters. The topological polar surface area (TPSA) is 60.1 Å². The number of para-hydroxylation sites is 1. The monoisotopic (exact) mass is 357 g/mol. The van der Waals surface area contributed by atoms with Crippen LogP contribution in [0.15, 0.2) is 47.1 Å². The number of halogens is 1. The van der Waals surface area contributed by atoms with Crippen LogP contribution < -0.4 is 5.32 Å². The molecule has 1 amide bonds. The molecule has 0 radical (unpaired) electrons. The third-order valence-corrected chi connectivity index (χ3v) is 4.27. The van der Waals surface area contributed by atoms with Crippen molar-refractivity contribution in [3.8, 4) is 5.69 Å². The van der Waals surface area contributed by atoms with Crippen molar-refractivity contribution in [3.63, 3.8) is 0 Å². The molecule has 0 bridgehead atoms. The average Bonchev–Trinajstić information content (AvgIpc) is 3.20. The molecular weight excluding hydrogens is 338 g/mol. The van der Waals surface area contributed by atoms with E-state index in [9.17, 15) is 4.79 Å². The van der Waals surface area contributed by atoms with Gasteiger partial charge in [-0.2, -0.15) is 5.10 Å². The van der Waals surface area contributed by atoms with Crippen LogP contribution in [0.25, 0.3) is 5.69 Å². The van der Waals surface area contributed by atoms with E-state index in [0.29, 0.717) is 28.6 Å². The van der Waals surface area contributed by atoms with E-state index in [0.717, 1.165) is 11.4 Å². The maximum Gasteiger partial charge on any atom is 0.255 e. The number of carbonyl (C=O) groups is 1. The summed E-state index contributed by atoms with van der Waals surface area (Å²) in [5, 5.41) is 8.07. The molecule has 0 saturated heterocycles. The van der Waals surface area contributed by atoms with Crippen molar-refractivity contribution in [2.75, 3.05) is 0 Å². The summed E-state index contributed by atoms with van der Waals surface area (Å²) in [6.07, 6.45) is 1.59. The minimum absolute atomic E-state index is 0.0989. The summed E-state index contributed by atoms with van der Waals surface area (Å²) in [5.41, 5.74) is 2.85. The van der Waals surface area contributed by atoms with Gasteiger partial charge in [0.05, 0.1) is 40.5 Å². The molecule has 5 nitrogen and oxygen atoms in total. The van der Waals surface area contributed by atoms with Crippen molar-refractivity contribution in [1.82, 2.24) is 15.1 Å². The zero-order chi connectivity index (χ0) is 18.0. The highest BCUT2D eigenvalue weighted by molar-refractivity contribution is 6.32. The van der Waals surface area contributed by atoms with Crippen molar-refractivity contribution in [2.45, 2.75) is 33.2 Å². The minimum Gasteiger partial charge on any atom is -0.467 e. The minimum atomic E-state index is -0.170. The van der Waals surface area contributed by atoms with Gasteiger partial charge < -0.3 is 9.73 Å². The van der Waals surface area contributed by atoms with Gasteiger partial charge in [0.25, 0.3) is 5.91 Å². The Kier molecular flexibility index (Phi) is 4.95. The molecule has 0 aliphatic heterocycles. The first-order chi connectivity index (χ1) is 12.0. The van der Waals surface area contributed by atoms with Gasteiger partial charge in [0, 0.05) is 0 Å². The van der Waals surface area contributed by atoms with Gasteiger partial charge in [0.15, 0.2) is 0 Å². The zero-order valence-electron chi connectivity index (χ0n) is 14.4. The van der Waals surface area contributed by atoms with Crippen molar-refractivity contribution in [2.24, 2.45) is 0 Å². The summed E-state index contributed by atoms with van der Waals surface area (Å²) >= 11 is 6.33. The van der Waals surface area contributed by atoms with Crippen LogP contribution in [0.3, 0.4) is 0 Å². The molecule has 3 aromatic rings. The smallest absolute Gasteiger partial charge is 0.255 e. The highest BCUT2D eigenvalue weighted by atomic mass is 35.5.